The molecule has 3 rings (SSSR count). The van der Waals surface area contributed by atoms with Crippen LogP contribution in [0, 0.1) is 0 Å². The van der Waals surface area contributed by atoms with Crippen molar-refractivity contribution >= 4 is 16.8 Å². The first-order chi connectivity index (χ1) is 11.2. The topological polar surface area (TPSA) is 89.8 Å². The molecule has 3 aromatic rings. The molecule has 0 saturated heterocycles. The van der Waals surface area contributed by atoms with Gasteiger partial charge < -0.3 is 5.32 Å². The van der Waals surface area contributed by atoms with Crippen molar-refractivity contribution < 1.29 is 4.79 Å². The number of nitrogens with zero attached hydrogens (tertiary/aromatic N) is 4. The first-order valence-electron chi connectivity index (χ1n) is 7.17. The van der Waals surface area contributed by atoms with E-state index in [-0.39, 0.29) is 11.5 Å². The summed E-state index contributed by atoms with van der Waals surface area (Å²) in [6.45, 7) is 1.98. The summed E-state index contributed by atoms with van der Waals surface area (Å²) >= 11 is 0. The Bertz CT molecular complexity index is 892. The molecule has 0 unspecified atom stereocenters. The van der Waals surface area contributed by atoms with E-state index in [0.29, 0.717) is 17.4 Å². The molecule has 0 fully saturated rings. The normalized spacial score (nSPS) is 12.0. The lowest BCUT2D eigenvalue weighted by molar-refractivity contribution is -0.124. The highest BCUT2D eigenvalue weighted by molar-refractivity contribution is 5.81. The summed E-state index contributed by atoms with van der Waals surface area (Å²) in [5.41, 5.74) is 1.11. The number of carbonyl (C=O) groups excluding carboxylic acids is 1. The molecule has 1 aromatic carbocycles. The summed E-state index contributed by atoms with van der Waals surface area (Å²) < 4.78 is 1.10. The predicted molar refractivity (Wildman–Crippen MR) is 84.6 cm³/mol. The van der Waals surface area contributed by atoms with Crippen LogP contribution in [-0.4, -0.2) is 25.9 Å². The Labute approximate surface area is 132 Å². The third-order valence-corrected chi connectivity index (χ3v) is 3.55. The van der Waals surface area contributed by atoms with Crippen LogP contribution in [0.3, 0.4) is 0 Å². The van der Waals surface area contributed by atoms with Gasteiger partial charge in [0, 0.05) is 18.9 Å². The van der Waals surface area contributed by atoms with Gasteiger partial charge in [-0.25, -0.2) is 0 Å². The lowest BCUT2D eigenvalue weighted by Gasteiger charge is -2.13. The van der Waals surface area contributed by atoms with Gasteiger partial charge in [-0.05, 0) is 36.8 Å². The molecule has 23 heavy (non-hydrogen) atoms. The average molecular weight is 309 g/mol. The van der Waals surface area contributed by atoms with Gasteiger partial charge in [-0.3, -0.25) is 14.6 Å². The second kappa shape index (κ2) is 6.35. The number of carbonyl (C=O) groups is 1. The second-order valence-electron chi connectivity index (χ2n) is 5.11. The number of pyridine rings is 1. The molecule has 0 bridgehead atoms. The molecule has 0 aliphatic carbocycles. The number of fused-ring (bicyclic) bond motifs is 1. The maximum atomic E-state index is 12.4. The quantitative estimate of drug-likeness (QED) is 0.778. The van der Waals surface area contributed by atoms with Crippen LogP contribution < -0.4 is 10.9 Å². The van der Waals surface area contributed by atoms with E-state index < -0.39 is 6.04 Å². The summed E-state index contributed by atoms with van der Waals surface area (Å²) in [5, 5.41) is 11.1. The van der Waals surface area contributed by atoms with Gasteiger partial charge in [0.25, 0.3) is 5.56 Å². The molecule has 116 valence electrons. The van der Waals surface area contributed by atoms with Gasteiger partial charge in [-0.1, -0.05) is 17.3 Å². The van der Waals surface area contributed by atoms with E-state index in [9.17, 15) is 9.59 Å². The minimum Gasteiger partial charge on any atom is -0.350 e. The van der Waals surface area contributed by atoms with Crippen molar-refractivity contribution in [1.82, 2.24) is 25.3 Å². The van der Waals surface area contributed by atoms with Crippen molar-refractivity contribution in [2.24, 2.45) is 0 Å². The van der Waals surface area contributed by atoms with Crippen molar-refractivity contribution in [1.29, 1.82) is 0 Å². The molecule has 0 saturated carbocycles. The number of hydrogen-bond donors (Lipinski definition) is 1. The summed E-state index contributed by atoms with van der Waals surface area (Å²) in [6, 6.07) is 9.80. The van der Waals surface area contributed by atoms with Gasteiger partial charge in [0.05, 0.1) is 5.39 Å². The largest absolute Gasteiger partial charge is 0.350 e. The molecule has 0 spiro atoms. The summed E-state index contributed by atoms with van der Waals surface area (Å²) in [4.78, 5) is 28.6. The van der Waals surface area contributed by atoms with Crippen LogP contribution in [0.2, 0.25) is 0 Å². The molecule has 1 atom stereocenters. The van der Waals surface area contributed by atoms with E-state index in [4.69, 9.17) is 0 Å². The molecule has 7 nitrogen and oxygen atoms in total. The maximum Gasteiger partial charge on any atom is 0.278 e. The molecule has 0 radical (unpaired) electrons. The van der Waals surface area contributed by atoms with Crippen LogP contribution in [-0.2, 0) is 11.3 Å². The number of aromatic nitrogens is 4. The number of hydrogen-bond acceptors (Lipinski definition) is 5. The van der Waals surface area contributed by atoms with Crippen molar-refractivity contribution in [2.75, 3.05) is 0 Å². The van der Waals surface area contributed by atoms with Crippen molar-refractivity contribution in [3.8, 4) is 0 Å². The SMILES string of the molecule is C[C@H](C(=O)NCc1ccncc1)n1nnc2ccccc2c1=O. The van der Waals surface area contributed by atoms with Gasteiger partial charge in [0.15, 0.2) is 0 Å². The van der Waals surface area contributed by atoms with Crippen LogP contribution in [0.5, 0.6) is 0 Å². The minimum atomic E-state index is -0.749. The van der Waals surface area contributed by atoms with Crippen LogP contribution in [0.15, 0.2) is 53.6 Å². The Morgan fingerprint density at radius 2 is 1.96 bits per heavy atom. The van der Waals surface area contributed by atoms with Gasteiger partial charge in [-0.15, -0.1) is 5.10 Å². The fourth-order valence-electron chi connectivity index (χ4n) is 2.20. The summed E-state index contributed by atoms with van der Waals surface area (Å²) in [7, 11) is 0. The first kappa shape index (κ1) is 14.8. The molecule has 2 heterocycles. The maximum absolute atomic E-state index is 12.4. The third kappa shape index (κ3) is 3.08. The molecule has 0 aliphatic rings. The Balaban J connectivity index is 1.80. The zero-order valence-corrected chi connectivity index (χ0v) is 12.5. The fraction of sp³-hybridized carbons (Fsp3) is 0.188. The number of nitrogens with one attached hydrogen (secondary N) is 1. The zero-order chi connectivity index (χ0) is 16.2. The monoisotopic (exact) mass is 309 g/mol. The van der Waals surface area contributed by atoms with Gasteiger partial charge in [0.1, 0.15) is 11.6 Å². The Kier molecular flexibility index (Phi) is 4.09. The molecule has 1 N–H and O–H groups in total. The molecular formula is C16H15N5O2. The number of benzene rings is 1. The van der Waals surface area contributed by atoms with E-state index in [1.54, 1.807) is 43.6 Å². The first-order valence-corrected chi connectivity index (χ1v) is 7.17. The number of amides is 1. The third-order valence-electron chi connectivity index (χ3n) is 3.55. The van der Waals surface area contributed by atoms with Crippen LogP contribution in [0.4, 0.5) is 0 Å². The lowest BCUT2D eigenvalue weighted by Crippen LogP contribution is -2.37. The molecule has 0 aliphatic heterocycles. The van der Waals surface area contributed by atoms with E-state index in [2.05, 4.69) is 20.6 Å². The molecule has 7 heteroatoms. The van der Waals surface area contributed by atoms with Crippen LogP contribution in [0.1, 0.15) is 18.5 Å². The highest BCUT2D eigenvalue weighted by Crippen LogP contribution is 2.07. The second-order valence-corrected chi connectivity index (χ2v) is 5.11. The van der Waals surface area contributed by atoms with Crippen LogP contribution in [0.25, 0.3) is 10.9 Å². The fourth-order valence-corrected chi connectivity index (χ4v) is 2.20. The molecular weight excluding hydrogens is 294 g/mol. The summed E-state index contributed by atoms with van der Waals surface area (Å²) in [5.74, 6) is -0.298. The minimum absolute atomic E-state index is 0.298. The lowest BCUT2D eigenvalue weighted by atomic mass is 10.2. The Morgan fingerprint density at radius 1 is 1.22 bits per heavy atom. The smallest absolute Gasteiger partial charge is 0.278 e. The Hall–Kier alpha value is -3.09. The van der Waals surface area contributed by atoms with Gasteiger partial charge in [0.2, 0.25) is 5.91 Å². The molecule has 2 aromatic heterocycles. The Morgan fingerprint density at radius 3 is 2.74 bits per heavy atom. The highest BCUT2D eigenvalue weighted by atomic mass is 16.2. The van der Waals surface area contributed by atoms with Crippen molar-refractivity contribution in [3.05, 3.63) is 64.7 Å². The van der Waals surface area contributed by atoms with E-state index >= 15 is 0 Å². The van der Waals surface area contributed by atoms with Crippen molar-refractivity contribution in [2.45, 2.75) is 19.5 Å². The van der Waals surface area contributed by atoms with E-state index in [1.807, 2.05) is 12.1 Å². The van der Waals surface area contributed by atoms with Gasteiger partial charge in [-0.2, -0.15) is 4.68 Å². The highest BCUT2D eigenvalue weighted by Gasteiger charge is 2.18. The number of rotatable bonds is 4. The summed E-state index contributed by atoms with van der Waals surface area (Å²) in [6.07, 6.45) is 3.31. The van der Waals surface area contributed by atoms with Gasteiger partial charge >= 0.3 is 0 Å². The molecule has 1 amide bonds. The van der Waals surface area contributed by atoms with Crippen LogP contribution >= 0.6 is 0 Å². The predicted octanol–water partition coefficient (Wildman–Crippen LogP) is 1.06. The van der Waals surface area contributed by atoms with E-state index in [0.717, 1.165) is 10.2 Å². The zero-order valence-electron chi connectivity index (χ0n) is 12.5. The average Bonchev–Trinajstić information content (AvgIpc) is 2.60. The standard InChI is InChI=1S/C16H15N5O2/c1-11(15(22)18-10-12-6-8-17-9-7-12)21-16(23)13-4-2-3-5-14(13)19-20-21/h2-9,11H,10H2,1H3,(H,18,22)/t11-/m1/s1. The van der Waals surface area contributed by atoms with E-state index in [1.165, 1.54) is 0 Å². The van der Waals surface area contributed by atoms with Crippen molar-refractivity contribution in [3.63, 3.8) is 0 Å².